The number of hydrogen-bond acceptors (Lipinski definition) is 1. The standard InChI is InChI=1S/C15H9O2/c16-15(17)14-9-10-5-1-2-6-11(10)12-7-3-4-8-13(12)14/h1-8H,(H,16,17). The number of carboxylic acid groups (broad SMARTS) is 1. The third-order valence-corrected chi connectivity index (χ3v) is 2.89. The highest BCUT2D eigenvalue weighted by Crippen LogP contribution is 2.27. The lowest BCUT2D eigenvalue weighted by molar-refractivity contribution is 0.0699. The normalized spacial score (nSPS) is 10.8. The topological polar surface area (TPSA) is 37.3 Å². The Morgan fingerprint density at radius 3 is 2.18 bits per heavy atom. The van der Waals surface area contributed by atoms with E-state index in [2.05, 4.69) is 6.07 Å². The van der Waals surface area contributed by atoms with Crippen molar-refractivity contribution in [3.05, 3.63) is 60.2 Å². The lowest BCUT2D eigenvalue weighted by Crippen LogP contribution is -1.98. The van der Waals surface area contributed by atoms with E-state index in [1.165, 1.54) is 0 Å². The number of hydrogen-bond donors (Lipinski definition) is 1. The van der Waals surface area contributed by atoms with Crippen LogP contribution in [0, 0.1) is 6.07 Å². The van der Waals surface area contributed by atoms with Gasteiger partial charge in [-0.25, -0.2) is 4.79 Å². The molecule has 3 aromatic carbocycles. The molecule has 1 radical (unpaired) electrons. The van der Waals surface area contributed by atoms with Crippen molar-refractivity contribution in [3.8, 4) is 0 Å². The van der Waals surface area contributed by atoms with Crippen LogP contribution in [0.5, 0.6) is 0 Å². The Bertz CT molecular complexity index is 729. The van der Waals surface area contributed by atoms with Crippen LogP contribution in [-0.2, 0) is 0 Å². The Hall–Kier alpha value is -2.35. The Labute approximate surface area is 98.1 Å². The lowest BCUT2D eigenvalue weighted by Gasteiger charge is -2.06. The zero-order chi connectivity index (χ0) is 11.8. The molecule has 3 rings (SSSR count). The summed E-state index contributed by atoms with van der Waals surface area (Å²) in [6.45, 7) is 0. The van der Waals surface area contributed by atoms with Gasteiger partial charge in [-0.05, 0) is 21.5 Å². The van der Waals surface area contributed by atoms with Gasteiger partial charge < -0.3 is 5.11 Å². The van der Waals surface area contributed by atoms with Crippen molar-refractivity contribution < 1.29 is 9.90 Å². The van der Waals surface area contributed by atoms with E-state index in [-0.39, 0.29) is 5.56 Å². The van der Waals surface area contributed by atoms with Gasteiger partial charge in [0.15, 0.2) is 0 Å². The van der Waals surface area contributed by atoms with Gasteiger partial charge >= 0.3 is 5.97 Å². The summed E-state index contributed by atoms with van der Waals surface area (Å²) in [5.74, 6) is -0.938. The molecular weight excluding hydrogens is 212 g/mol. The molecule has 2 heteroatoms. The Balaban J connectivity index is 2.59. The number of rotatable bonds is 1. The molecule has 1 N–H and O–H groups in total. The van der Waals surface area contributed by atoms with Crippen LogP contribution in [0.4, 0.5) is 0 Å². The Morgan fingerprint density at radius 2 is 1.47 bits per heavy atom. The number of carbonyl (C=O) groups is 1. The highest BCUT2D eigenvalue weighted by Gasteiger charge is 2.11. The summed E-state index contributed by atoms with van der Waals surface area (Å²) >= 11 is 0. The highest BCUT2D eigenvalue weighted by atomic mass is 16.4. The smallest absolute Gasteiger partial charge is 0.336 e. The summed E-state index contributed by atoms with van der Waals surface area (Å²) in [5, 5.41) is 12.8. The summed E-state index contributed by atoms with van der Waals surface area (Å²) in [5.41, 5.74) is 0.235. The summed E-state index contributed by atoms with van der Waals surface area (Å²) in [6, 6.07) is 18.2. The van der Waals surface area contributed by atoms with E-state index in [1.807, 2.05) is 48.5 Å². The predicted octanol–water partition coefficient (Wildman–Crippen LogP) is 3.49. The van der Waals surface area contributed by atoms with E-state index in [9.17, 15) is 9.90 Å². The van der Waals surface area contributed by atoms with Crippen LogP contribution in [0.1, 0.15) is 10.4 Å². The molecule has 0 atom stereocenters. The minimum Gasteiger partial charge on any atom is -0.478 e. The van der Waals surface area contributed by atoms with Gasteiger partial charge in [-0.1, -0.05) is 48.5 Å². The van der Waals surface area contributed by atoms with Crippen LogP contribution in [0.25, 0.3) is 21.5 Å². The van der Waals surface area contributed by atoms with Gasteiger partial charge in [0, 0.05) is 6.07 Å². The van der Waals surface area contributed by atoms with Crippen molar-refractivity contribution in [2.45, 2.75) is 0 Å². The molecule has 0 aliphatic carbocycles. The van der Waals surface area contributed by atoms with E-state index >= 15 is 0 Å². The largest absolute Gasteiger partial charge is 0.478 e. The average Bonchev–Trinajstić information content (AvgIpc) is 2.37. The molecule has 0 fully saturated rings. The zero-order valence-electron chi connectivity index (χ0n) is 8.97. The molecular formula is C15H9O2. The molecule has 17 heavy (non-hydrogen) atoms. The van der Waals surface area contributed by atoms with Crippen molar-refractivity contribution in [3.63, 3.8) is 0 Å². The quantitative estimate of drug-likeness (QED) is 0.638. The molecule has 0 aliphatic heterocycles. The summed E-state index contributed by atoms with van der Waals surface area (Å²) in [4.78, 5) is 11.2. The van der Waals surface area contributed by atoms with E-state index in [1.54, 1.807) is 0 Å². The maximum Gasteiger partial charge on any atom is 0.336 e. The summed E-state index contributed by atoms with van der Waals surface area (Å²) in [6.07, 6.45) is 0. The van der Waals surface area contributed by atoms with Gasteiger partial charge in [0.05, 0.1) is 5.56 Å². The molecule has 81 valence electrons. The van der Waals surface area contributed by atoms with E-state index < -0.39 is 5.97 Å². The molecule has 0 bridgehead atoms. The van der Waals surface area contributed by atoms with Crippen molar-refractivity contribution in [1.29, 1.82) is 0 Å². The van der Waals surface area contributed by atoms with Crippen LogP contribution in [0.15, 0.2) is 48.5 Å². The first-order valence-electron chi connectivity index (χ1n) is 5.33. The molecule has 0 unspecified atom stereocenters. The monoisotopic (exact) mass is 221 g/mol. The maximum atomic E-state index is 11.2. The molecule has 0 spiro atoms. The molecule has 0 aliphatic rings. The van der Waals surface area contributed by atoms with Crippen LogP contribution >= 0.6 is 0 Å². The third kappa shape index (κ3) is 1.46. The lowest BCUT2D eigenvalue weighted by atomic mass is 9.97. The van der Waals surface area contributed by atoms with Crippen molar-refractivity contribution in [1.82, 2.24) is 0 Å². The fourth-order valence-corrected chi connectivity index (χ4v) is 2.13. The minimum atomic E-state index is -0.938. The van der Waals surface area contributed by atoms with Crippen molar-refractivity contribution >= 4 is 27.5 Å². The summed E-state index contributed by atoms with van der Waals surface area (Å²) < 4.78 is 0. The van der Waals surface area contributed by atoms with E-state index in [4.69, 9.17) is 0 Å². The van der Waals surface area contributed by atoms with Crippen molar-refractivity contribution in [2.24, 2.45) is 0 Å². The first-order valence-corrected chi connectivity index (χ1v) is 5.33. The molecule has 3 aromatic rings. The fourth-order valence-electron chi connectivity index (χ4n) is 2.13. The van der Waals surface area contributed by atoms with Crippen LogP contribution in [0.2, 0.25) is 0 Å². The van der Waals surface area contributed by atoms with Crippen molar-refractivity contribution in [2.75, 3.05) is 0 Å². The minimum absolute atomic E-state index is 0.235. The highest BCUT2D eigenvalue weighted by molar-refractivity contribution is 6.15. The van der Waals surface area contributed by atoms with E-state index in [0.717, 1.165) is 21.5 Å². The third-order valence-electron chi connectivity index (χ3n) is 2.89. The van der Waals surface area contributed by atoms with Gasteiger partial charge in [0.1, 0.15) is 0 Å². The maximum absolute atomic E-state index is 11.2. The van der Waals surface area contributed by atoms with Crippen LogP contribution < -0.4 is 0 Å². The molecule has 0 saturated heterocycles. The predicted molar refractivity (Wildman–Crippen MR) is 67.2 cm³/mol. The molecule has 2 nitrogen and oxygen atoms in total. The number of benzene rings is 3. The van der Waals surface area contributed by atoms with Crippen LogP contribution in [0.3, 0.4) is 0 Å². The Kier molecular flexibility index (Phi) is 2.08. The average molecular weight is 221 g/mol. The molecule has 0 aromatic heterocycles. The molecule has 0 amide bonds. The SMILES string of the molecule is O=C(O)c1[c]c2ccccc2c2ccccc12. The molecule has 0 heterocycles. The number of fused-ring (bicyclic) bond motifs is 3. The summed E-state index contributed by atoms with van der Waals surface area (Å²) in [7, 11) is 0. The number of carboxylic acids is 1. The zero-order valence-corrected chi connectivity index (χ0v) is 8.97. The number of aromatic carboxylic acids is 1. The first-order chi connectivity index (χ1) is 8.27. The van der Waals surface area contributed by atoms with Crippen LogP contribution in [-0.4, -0.2) is 11.1 Å². The second-order valence-corrected chi connectivity index (χ2v) is 3.90. The van der Waals surface area contributed by atoms with Gasteiger partial charge in [-0.3, -0.25) is 0 Å². The molecule has 0 saturated carbocycles. The van der Waals surface area contributed by atoms with Gasteiger partial charge in [-0.2, -0.15) is 0 Å². The van der Waals surface area contributed by atoms with Gasteiger partial charge in [0.25, 0.3) is 0 Å². The second-order valence-electron chi connectivity index (χ2n) is 3.90. The second kappa shape index (κ2) is 3.59. The first kappa shape index (κ1) is 9.85. The van der Waals surface area contributed by atoms with E-state index in [0.29, 0.717) is 0 Å². The fraction of sp³-hybridized carbons (Fsp3) is 0. The Morgan fingerprint density at radius 1 is 0.882 bits per heavy atom. The van der Waals surface area contributed by atoms with Gasteiger partial charge in [0.2, 0.25) is 0 Å². The van der Waals surface area contributed by atoms with Gasteiger partial charge in [-0.15, -0.1) is 0 Å².